The Balaban J connectivity index is 1.73. The molecule has 1 aliphatic rings. The molecule has 8 nitrogen and oxygen atoms in total. The standard InChI is InChI=1S/C23H15ClN2O6/c1-25-20(27)17(21(28)26(23(25)31)14-5-3-2-4-6-14)12-15-8-10-19(32-15)16-11-13(22(29)30)7-9-18(16)24/h2-12H,1H3,(H,29,30)/b17-12+. The summed E-state index contributed by atoms with van der Waals surface area (Å²) in [5.41, 5.74) is 0.431. The second kappa shape index (κ2) is 8.16. The smallest absolute Gasteiger partial charge is 0.338 e. The third-order valence-corrected chi connectivity index (χ3v) is 5.18. The van der Waals surface area contributed by atoms with Crippen LogP contribution in [-0.4, -0.2) is 40.9 Å². The van der Waals surface area contributed by atoms with Crippen molar-refractivity contribution in [2.75, 3.05) is 11.9 Å². The number of imide groups is 2. The van der Waals surface area contributed by atoms with Gasteiger partial charge in [0.05, 0.1) is 16.3 Å². The normalized spacial score (nSPS) is 15.6. The van der Waals surface area contributed by atoms with Gasteiger partial charge >= 0.3 is 12.0 Å². The highest BCUT2D eigenvalue weighted by Crippen LogP contribution is 2.32. The number of nitrogens with zero attached hydrogens (tertiary/aromatic N) is 2. The quantitative estimate of drug-likeness (QED) is 0.468. The summed E-state index contributed by atoms with van der Waals surface area (Å²) in [7, 11) is 1.28. The van der Waals surface area contributed by atoms with Crippen molar-refractivity contribution in [1.82, 2.24) is 4.90 Å². The van der Waals surface area contributed by atoms with Crippen molar-refractivity contribution in [3.05, 3.63) is 82.6 Å². The Morgan fingerprint density at radius 3 is 2.41 bits per heavy atom. The molecule has 0 aliphatic carbocycles. The summed E-state index contributed by atoms with van der Waals surface area (Å²) in [6, 6.07) is 14.7. The maximum atomic E-state index is 13.0. The molecule has 1 saturated heterocycles. The summed E-state index contributed by atoms with van der Waals surface area (Å²) in [5, 5.41) is 9.47. The molecular weight excluding hydrogens is 436 g/mol. The lowest BCUT2D eigenvalue weighted by atomic mass is 10.1. The van der Waals surface area contributed by atoms with Crippen molar-refractivity contribution in [3.63, 3.8) is 0 Å². The molecule has 0 spiro atoms. The zero-order valence-electron chi connectivity index (χ0n) is 16.6. The van der Waals surface area contributed by atoms with Crippen molar-refractivity contribution in [3.8, 4) is 11.3 Å². The third-order valence-electron chi connectivity index (χ3n) is 4.85. The number of carboxylic acids is 1. The minimum atomic E-state index is -1.12. The van der Waals surface area contributed by atoms with E-state index < -0.39 is 23.8 Å². The van der Waals surface area contributed by atoms with Crippen LogP contribution >= 0.6 is 11.6 Å². The Morgan fingerprint density at radius 1 is 1.00 bits per heavy atom. The number of likely N-dealkylation sites (N-methyl/N-ethyl adjacent to an activating group) is 1. The van der Waals surface area contributed by atoms with Crippen LogP contribution in [0.5, 0.6) is 0 Å². The van der Waals surface area contributed by atoms with E-state index in [2.05, 4.69) is 0 Å². The lowest BCUT2D eigenvalue weighted by molar-refractivity contribution is -0.128. The van der Waals surface area contributed by atoms with Gasteiger partial charge in [0.15, 0.2) is 0 Å². The van der Waals surface area contributed by atoms with Crippen LogP contribution in [0.1, 0.15) is 16.1 Å². The van der Waals surface area contributed by atoms with Gasteiger partial charge < -0.3 is 9.52 Å². The van der Waals surface area contributed by atoms with Gasteiger partial charge in [-0.1, -0.05) is 29.8 Å². The Bertz CT molecular complexity index is 1290. The van der Waals surface area contributed by atoms with E-state index in [-0.39, 0.29) is 27.7 Å². The lowest BCUT2D eigenvalue weighted by Crippen LogP contribution is -2.55. The summed E-state index contributed by atoms with van der Waals surface area (Å²) in [6.07, 6.45) is 1.24. The number of halogens is 1. The van der Waals surface area contributed by atoms with Crippen LogP contribution in [0, 0.1) is 0 Å². The molecule has 1 fully saturated rings. The summed E-state index contributed by atoms with van der Waals surface area (Å²) in [4.78, 5) is 51.2. The number of hydrogen-bond donors (Lipinski definition) is 1. The number of hydrogen-bond acceptors (Lipinski definition) is 5. The van der Waals surface area contributed by atoms with Crippen LogP contribution in [0.15, 0.2) is 70.7 Å². The second-order valence-corrected chi connectivity index (χ2v) is 7.29. The van der Waals surface area contributed by atoms with Gasteiger partial charge in [0, 0.05) is 12.6 Å². The van der Waals surface area contributed by atoms with E-state index in [1.54, 1.807) is 36.4 Å². The zero-order valence-corrected chi connectivity index (χ0v) is 17.4. The van der Waals surface area contributed by atoms with E-state index in [9.17, 15) is 24.3 Å². The van der Waals surface area contributed by atoms with Crippen molar-refractivity contribution in [1.29, 1.82) is 0 Å². The molecule has 9 heteroatoms. The van der Waals surface area contributed by atoms with Crippen LogP contribution in [0.3, 0.4) is 0 Å². The van der Waals surface area contributed by atoms with Crippen LogP contribution in [0.25, 0.3) is 17.4 Å². The van der Waals surface area contributed by atoms with Crippen molar-refractivity contribution < 1.29 is 28.7 Å². The van der Waals surface area contributed by atoms with Gasteiger partial charge in [0.2, 0.25) is 0 Å². The number of rotatable bonds is 4. The number of carboxylic acid groups (broad SMARTS) is 1. The molecule has 1 aliphatic heterocycles. The first kappa shape index (κ1) is 21.1. The lowest BCUT2D eigenvalue weighted by Gasteiger charge is -2.31. The van der Waals surface area contributed by atoms with Crippen LogP contribution in [-0.2, 0) is 9.59 Å². The number of aromatic carboxylic acids is 1. The Labute approximate surface area is 186 Å². The Hall–Kier alpha value is -4.17. The molecule has 0 saturated carbocycles. The number of barbiturate groups is 1. The van der Waals surface area contributed by atoms with Gasteiger partial charge in [-0.2, -0.15) is 0 Å². The van der Waals surface area contributed by atoms with E-state index in [0.717, 1.165) is 9.80 Å². The summed E-state index contributed by atoms with van der Waals surface area (Å²) in [6.45, 7) is 0. The third kappa shape index (κ3) is 3.67. The fourth-order valence-electron chi connectivity index (χ4n) is 3.21. The molecule has 0 bridgehead atoms. The molecule has 3 aromatic rings. The SMILES string of the molecule is CN1C(=O)/C(=C\c2ccc(-c3cc(C(=O)O)ccc3Cl)o2)C(=O)N(c2ccccc2)C1=O. The second-order valence-electron chi connectivity index (χ2n) is 6.88. The van der Waals surface area contributed by atoms with Crippen molar-refractivity contribution in [2.45, 2.75) is 0 Å². The minimum absolute atomic E-state index is 0.0250. The zero-order chi connectivity index (χ0) is 23.0. The van der Waals surface area contributed by atoms with Crippen molar-refractivity contribution in [2.24, 2.45) is 0 Å². The number of anilines is 1. The molecule has 32 heavy (non-hydrogen) atoms. The van der Waals surface area contributed by atoms with E-state index in [0.29, 0.717) is 11.3 Å². The van der Waals surface area contributed by atoms with E-state index in [4.69, 9.17) is 16.0 Å². The van der Waals surface area contributed by atoms with E-state index >= 15 is 0 Å². The molecule has 160 valence electrons. The topological polar surface area (TPSA) is 108 Å². The largest absolute Gasteiger partial charge is 0.478 e. The molecule has 4 rings (SSSR count). The number of para-hydroxylation sites is 1. The van der Waals surface area contributed by atoms with Gasteiger partial charge in [-0.05, 0) is 48.5 Å². The summed E-state index contributed by atoms with van der Waals surface area (Å²) >= 11 is 6.18. The molecule has 1 aromatic heterocycles. The number of amides is 4. The van der Waals surface area contributed by atoms with Crippen LogP contribution in [0.4, 0.5) is 10.5 Å². The first-order valence-corrected chi connectivity index (χ1v) is 9.72. The molecule has 4 amide bonds. The maximum absolute atomic E-state index is 13.0. The monoisotopic (exact) mass is 450 g/mol. The molecule has 1 N–H and O–H groups in total. The fraction of sp³-hybridized carbons (Fsp3) is 0.0435. The maximum Gasteiger partial charge on any atom is 0.338 e. The van der Waals surface area contributed by atoms with Gasteiger partial charge in [-0.25, -0.2) is 14.5 Å². The average Bonchev–Trinajstić information content (AvgIpc) is 3.25. The Morgan fingerprint density at radius 2 is 1.72 bits per heavy atom. The van der Waals surface area contributed by atoms with Crippen LogP contribution < -0.4 is 4.90 Å². The summed E-state index contributed by atoms with van der Waals surface area (Å²) in [5.74, 6) is -2.26. The number of carbonyl (C=O) groups is 4. The highest BCUT2D eigenvalue weighted by atomic mass is 35.5. The predicted molar refractivity (Wildman–Crippen MR) is 116 cm³/mol. The van der Waals surface area contributed by atoms with E-state index in [1.165, 1.54) is 37.4 Å². The van der Waals surface area contributed by atoms with Crippen molar-refractivity contribution >= 4 is 47.2 Å². The van der Waals surface area contributed by atoms with Gasteiger partial charge in [-0.3, -0.25) is 14.5 Å². The predicted octanol–water partition coefficient (Wildman–Crippen LogP) is 4.31. The molecule has 2 heterocycles. The summed E-state index contributed by atoms with van der Waals surface area (Å²) < 4.78 is 5.71. The molecule has 0 atom stereocenters. The van der Waals surface area contributed by atoms with Gasteiger partial charge in [-0.15, -0.1) is 0 Å². The number of carbonyl (C=O) groups excluding carboxylic acids is 3. The van der Waals surface area contributed by atoms with E-state index in [1.807, 2.05) is 0 Å². The fourth-order valence-corrected chi connectivity index (χ4v) is 3.42. The highest BCUT2D eigenvalue weighted by Gasteiger charge is 2.41. The van der Waals surface area contributed by atoms with Gasteiger partial charge in [0.25, 0.3) is 11.8 Å². The number of benzene rings is 2. The first-order valence-electron chi connectivity index (χ1n) is 9.34. The Kier molecular flexibility index (Phi) is 5.38. The van der Waals surface area contributed by atoms with Gasteiger partial charge in [0.1, 0.15) is 17.1 Å². The minimum Gasteiger partial charge on any atom is -0.478 e. The molecule has 0 radical (unpaired) electrons. The highest BCUT2D eigenvalue weighted by molar-refractivity contribution is 6.39. The number of urea groups is 1. The average molecular weight is 451 g/mol. The molecule has 2 aromatic carbocycles. The molecule has 0 unspecified atom stereocenters. The molecular formula is C23H15ClN2O6. The first-order chi connectivity index (χ1) is 15.3. The van der Waals surface area contributed by atoms with Crippen LogP contribution in [0.2, 0.25) is 5.02 Å². The number of furan rings is 1.